The third kappa shape index (κ3) is 3.29. The molecule has 0 aliphatic carbocycles. The molecule has 2 N–H and O–H groups in total. The van der Waals surface area contributed by atoms with Crippen LogP contribution in [0.1, 0.15) is 25.5 Å². The van der Waals surface area contributed by atoms with Gasteiger partial charge in [-0.1, -0.05) is 13.0 Å². The fourth-order valence-electron chi connectivity index (χ4n) is 2.27. The lowest BCUT2D eigenvalue weighted by atomic mass is 9.80. The first-order valence-electron chi connectivity index (χ1n) is 6.60. The number of piperidine rings is 1. The molecule has 0 bridgehead atoms. The summed E-state index contributed by atoms with van der Waals surface area (Å²) in [4.78, 5) is 16.4. The molecule has 2 heterocycles. The third-order valence-electron chi connectivity index (χ3n) is 3.65. The van der Waals surface area contributed by atoms with Crippen molar-refractivity contribution in [2.24, 2.45) is 5.41 Å². The van der Waals surface area contributed by atoms with Crippen molar-refractivity contribution in [1.82, 2.24) is 15.6 Å². The summed E-state index contributed by atoms with van der Waals surface area (Å²) in [5.41, 5.74) is 0.822. The van der Waals surface area contributed by atoms with Crippen LogP contribution in [0.15, 0.2) is 24.4 Å². The van der Waals surface area contributed by atoms with Crippen LogP contribution in [0.2, 0.25) is 0 Å². The first-order chi connectivity index (χ1) is 8.71. The molecular weight excluding hydrogens is 226 g/mol. The molecule has 98 valence electrons. The van der Waals surface area contributed by atoms with Gasteiger partial charge in [0, 0.05) is 30.3 Å². The van der Waals surface area contributed by atoms with Gasteiger partial charge in [0.15, 0.2) is 0 Å². The van der Waals surface area contributed by atoms with Crippen molar-refractivity contribution in [2.45, 2.75) is 26.2 Å². The SMILES string of the molecule is CC1(C(=O)NCCc2ccccn2)CCNCC1. The van der Waals surface area contributed by atoms with Gasteiger partial charge in [-0.15, -0.1) is 0 Å². The summed E-state index contributed by atoms with van der Waals surface area (Å²) in [6.07, 6.45) is 4.41. The van der Waals surface area contributed by atoms with E-state index in [1.165, 1.54) is 0 Å². The molecule has 18 heavy (non-hydrogen) atoms. The summed E-state index contributed by atoms with van der Waals surface area (Å²) in [5, 5.41) is 6.32. The monoisotopic (exact) mass is 247 g/mol. The molecule has 1 aromatic heterocycles. The minimum Gasteiger partial charge on any atom is -0.355 e. The predicted octanol–water partition coefficient (Wildman–Crippen LogP) is 1.13. The minimum atomic E-state index is -0.199. The Bertz CT molecular complexity index is 385. The summed E-state index contributed by atoms with van der Waals surface area (Å²) >= 11 is 0. The number of nitrogens with one attached hydrogen (secondary N) is 2. The highest BCUT2D eigenvalue weighted by Gasteiger charge is 2.33. The molecule has 2 rings (SSSR count). The maximum absolute atomic E-state index is 12.2. The lowest BCUT2D eigenvalue weighted by molar-refractivity contribution is -0.131. The molecule has 1 fully saturated rings. The van der Waals surface area contributed by atoms with Crippen molar-refractivity contribution in [3.05, 3.63) is 30.1 Å². The second-order valence-electron chi connectivity index (χ2n) is 5.14. The van der Waals surface area contributed by atoms with Crippen LogP contribution in [-0.4, -0.2) is 30.5 Å². The topological polar surface area (TPSA) is 54.0 Å². The van der Waals surface area contributed by atoms with Crippen molar-refractivity contribution >= 4 is 5.91 Å². The first-order valence-corrected chi connectivity index (χ1v) is 6.60. The number of carbonyl (C=O) groups excluding carboxylic acids is 1. The number of pyridine rings is 1. The van der Waals surface area contributed by atoms with Crippen LogP contribution in [0.4, 0.5) is 0 Å². The van der Waals surface area contributed by atoms with Gasteiger partial charge >= 0.3 is 0 Å². The average Bonchev–Trinajstić information content (AvgIpc) is 2.41. The van der Waals surface area contributed by atoms with Gasteiger partial charge in [0.25, 0.3) is 0 Å². The van der Waals surface area contributed by atoms with Crippen LogP contribution >= 0.6 is 0 Å². The molecule has 1 aliphatic heterocycles. The maximum Gasteiger partial charge on any atom is 0.226 e. The number of rotatable bonds is 4. The van der Waals surface area contributed by atoms with Gasteiger partial charge in [0.05, 0.1) is 0 Å². The molecule has 0 aromatic carbocycles. The molecule has 4 nitrogen and oxygen atoms in total. The molecule has 0 atom stereocenters. The number of hydrogen-bond donors (Lipinski definition) is 2. The molecule has 0 saturated carbocycles. The van der Waals surface area contributed by atoms with Crippen molar-refractivity contribution in [1.29, 1.82) is 0 Å². The predicted molar refractivity (Wildman–Crippen MR) is 71.2 cm³/mol. The van der Waals surface area contributed by atoms with Gasteiger partial charge in [0.1, 0.15) is 0 Å². The standard InChI is InChI=1S/C14H21N3O/c1-14(6-10-15-11-7-14)13(18)17-9-5-12-4-2-3-8-16-12/h2-4,8,15H,5-7,9-11H2,1H3,(H,17,18). The van der Waals surface area contributed by atoms with Crippen LogP contribution in [-0.2, 0) is 11.2 Å². The molecular formula is C14H21N3O. The fourth-order valence-corrected chi connectivity index (χ4v) is 2.27. The Balaban J connectivity index is 1.78. The molecule has 1 amide bonds. The molecule has 4 heteroatoms. The second-order valence-corrected chi connectivity index (χ2v) is 5.14. The Morgan fingerprint density at radius 2 is 2.22 bits per heavy atom. The smallest absolute Gasteiger partial charge is 0.226 e. The average molecular weight is 247 g/mol. The highest BCUT2D eigenvalue weighted by Crippen LogP contribution is 2.27. The van der Waals surface area contributed by atoms with Crippen LogP contribution < -0.4 is 10.6 Å². The number of nitrogens with zero attached hydrogens (tertiary/aromatic N) is 1. The Labute approximate surface area is 108 Å². The van der Waals surface area contributed by atoms with Gasteiger partial charge in [-0.2, -0.15) is 0 Å². The van der Waals surface area contributed by atoms with Gasteiger partial charge in [0.2, 0.25) is 5.91 Å². The fraction of sp³-hybridized carbons (Fsp3) is 0.571. The largest absolute Gasteiger partial charge is 0.355 e. The van der Waals surface area contributed by atoms with Gasteiger partial charge in [-0.25, -0.2) is 0 Å². The van der Waals surface area contributed by atoms with E-state index < -0.39 is 0 Å². The van der Waals surface area contributed by atoms with Crippen LogP contribution in [0.5, 0.6) is 0 Å². The lowest BCUT2D eigenvalue weighted by Crippen LogP contribution is -2.46. The van der Waals surface area contributed by atoms with E-state index in [0.717, 1.165) is 38.0 Å². The Hall–Kier alpha value is -1.42. The summed E-state index contributed by atoms with van der Waals surface area (Å²) < 4.78 is 0. The van der Waals surface area contributed by atoms with E-state index in [9.17, 15) is 4.79 Å². The lowest BCUT2D eigenvalue weighted by Gasteiger charge is -2.32. The molecule has 1 aromatic rings. The zero-order valence-electron chi connectivity index (χ0n) is 10.9. The highest BCUT2D eigenvalue weighted by atomic mass is 16.2. The molecule has 1 aliphatic rings. The Morgan fingerprint density at radius 1 is 1.44 bits per heavy atom. The van der Waals surface area contributed by atoms with E-state index in [1.54, 1.807) is 6.20 Å². The van der Waals surface area contributed by atoms with E-state index >= 15 is 0 Å². The summed E-state index contributed by atoms with van der Waals surface area (Å²) in [7, 11) is 0. The van der Waals surface area contributed by atoms with Crippen molar-refractivity contribution in [3.63, 3.8) is 0 Å². The van der Waals surface area contributed by atoms with Gasteiger partial charge < -0.3 is 10.6 Å². The first kappa shape index (κ1) is 13.0. The van der Waals surface area contributed by atoms with Gasteiger partial charge in [-0.3, -0.25) is 9.78 Å². The molecule has 0 spiro atoms. The second kappa shape index (κ2) is 5.96. The molecule has 1 saturated heterocycles. The molecule has 0 radical (unpaired) electrons. The van der Waals surface area contributed by atoms with Crippen LogP contribution in [0.25, 0.3) is 0 Å². The van der Waals surface area contributed by atoms with Gasteiger partial charge in [-0.05, 0) is 38.1 Å². The normalized spacial score (nSPS) is 18.3. The maximum atomic E-state index is 12.2. The van der Waals surface area contributed by atoms with Crippen LogP contribution in [0.3, 0.4) is 0 Å². The number of aromatic nitrogens is 1. The van der Waals surface area contributed by atoms with Crippen molar-refractivity contribution in [3.8, 4) is 0 Å². The Kier molecular flexibility index (Phi) is 4.31. The molecule has 0 unspecified atom stereocenters. The van der Waals surface area contributed by atoms with Crippen LogP contribution in [0, 0.1) is 5.41 Å². The number of carbonyl (C=O) groups is 1. The highest BCUT2D eigenvalue weighted by molar-refractivity contribution is 5.82. The zero-order chi connectivity index (χ0) is 12.8. The number of hydrogen-bond acceptors (Lipinski definition) is 3. The Morgan fingerprint density at radius 3 is 2.89 bits per heavy atom. The van der Waals surface area contributed by atoms with E-state index in [-0.39, 0.29) is 11.3 Å². The van der Waals surface area contributed by atoms with E-state index in [0.29, 0.717) is 6.54 Å². The minimum absolute atomic E-state index is 0.180. The summed E-state index contributed by atoms with van der Waals surface area (Å²) in [6, 6.07) is 5.86. The third-order valence-corrected chi connectivity index (χ3v) is 3.65. The van der Waals surface area contributed by atoms with E-state index in [2.05, 4.69) is 22.5 Å². The zero-order valence-corrected chi connectivity index (χ0v) is 10.9. The summed E-state index contributed by atoms with van der Waals surface area (Å²) in [6.45, 7) is 4.59. The quantitative estimate of drug-likeness (QED) is 0.838. The van der Waals surface area contributed by atoms with Crippen molar-refractivity contribution in [2.75, 3.05) is 19.6 Å². The number of amides is 1. The van der Waals surface area contributed by atoms with E-state index in [4.69, 9.17) is 0 Å². The summed E-state index contributed by atoms with van der Waals surface area (Å²) in [5.74, 6) is 0.180. The van der Waals surface area contributed by atoms with E-state index in [1.807, 2.05) is 18.2 Å². The van der Waals surface area contributed by atoms with Crippen molar-refractivity contribution < 1.29 is 4.79 Å².